The van der Waals surface area contributed by atoms with E-state index in [1.54, 1.807) is 0 Å². The zero-order chi connectivity index (χ0) is 17.6. The number of aromatic nitrogens is 2. The summed E-state index contributed by atoms with van der Waals surface area (Å²) in [7, 11) is 0. The molecule has 3 rings (SSSR count). The smallest absolute Gasteiger partial charge is 0.232 e. The number of hydrogen-bond donors (Lipinski definition) is 1. The third-order valence-electron chi connectivity index (χ3n) is 4.92. The zero-order valence-electron chi connectivity index (χ0n) is 15.8. The highest BCUT2D eigenvalue weighted by Gasteiger charge is 2.16. The van der Waals surface area contributed by atoms with Gasteiger partial charge in [0.2, 0.25) is 5.95 Å². The van der Waals surface area contributed by atoms with Crippen LogP contribution in [0.5, 0.6) is 0 Å². The molecule has 0 unspecified atom stereocenters. The molecule has 1 saturated carbocycles. The Bertz CT molecular complexity index is 690. The third kappa shape index (κ3) is 4.71. The van der Waals surface area contributed by atoms with Gasteiger partial charge in [-0.3, -0.25) is 0 Å². The van der Waals surface area contributed by atoms with E-state index in [1.807, 2.05) is 6.92 Å². The average Bonchev–Trinajstić information content (AvgIpc) is 2.84. The van der Waals surface area contributed by atoms with E-state index >= 15 is 0 Å². The summed E-state index contributed by atoms with van der Waals surface area (Å²) in [4.78, 5) is 11.7. The summed E-state index contributed by atoms with van der Waals surface area (Å²) in [6.07, 6.45) is 7.85. The molecule has 2 aromatic rings. The van der Waals surface area contributed by atoms with Crippen molar-refractivity contribution in [1.82, 2.24) is 9.97 Å². The molecule has 134 valence electrons. The van der Waals surface area contributed by atoms with Crippen LogP contribution >= 0.6 is 0 Å². The molecule has 1 heterocycles. The average molecular weight is 338 g/mol. The molecule has 25 heavy (non-hydrogen) atoms. The molecule has 1 aliphatic rings. The Labute approximate surface area is 151 Å². The van der Waals surface area contributed by atoms with Gasteiger partial charge in [-0.15, -0.1) is 0 Å². The van der Waals surface area contributed by atoms with Crippen LogP contribution < -0.4 is 10.2 Å². The number of aryl methyl sites for hydroxylation is 2. The van der Waals surface area contributed by atoms with Gasteiger partial charge in [-0.25, -0.2) is 4.98 Å². The molecule has 1 aromatic carbocycles. The molecular weight excluding hydrogens is 308 g/mol. The fraction of sp³-hybridized carbons (Fsp3) is 0.524. The standard InChI is InChI=1S/C21H30N4/c1-4-25(19-13-9-10-16(2)14-19)21-22-17(3)15-20(24-21)23-18-11-7-5-6-8-12-18/h9-10,13-15,18H,4-8,11-12H2,1-3H3,(H,22,23,24). The second-order valence-electron chi connectivity index (χ2n) is 7.11. The van der Waals surface area contributed by atoms with Gasteiger partial charge in [0.25, 0.3) is 0 Å². The molecule has 4 nitrogen and oxygen atoms in total. The summed E-state index contributed by atoms with van der Waals surface area (Å²) >= 11 is 0. The lowest BCUT2D eigenvalue weighted by Crippen LogP contribution is -2.22. The van der Waals surface area contributed by atoms with Crippen LogP contribution in [0.1, 0.15) is 56.7 Å². The van der Waals surface area contributed by atoms with Gasteiger partial charge in [0, 0.05) is 30.0 Å². The van der Waals surface area contributed by atoms with Crippen LogP contribution in [0.4, 0.5) is 17.5 Å². The van der Waals surface area contributed by atoms with E-state index in [-0.39, 0.29) is 0 Å². The molecule has 1 aliphatic carbocycles. The van der Waals surface area contributed by atoms with Crippen LogP contribution in [-0.4, -0.2) is 22.6 Å². The van der Waals surface area contributed by atoms with Crippen molar-refractivity contribution in [3.05, 3.63) is 41.6 Å². The highest BCUT2D eigenvalue weighted by atomic mass is 15.3. The first-order valence-electron chi connectivity index (χ1n) is 9.62. The van der Waals surface area contributed by atoms with Crippen molar-refractivity contribution in [2.75, 3.05) is 16.8 Å². The van der Waals surface area contributed by atoms with Gasteiger partial charge in [-0.05, 0) is 51.3 Å². The normalized spacial score (nSPS) is 15.6. The Morgan fingerprint density at radius 3 is 2.48 bits per heavy atom. The van der Waals surface area contributed by atoms with E-state index in [9.17, 15) is 0 Å². The SMILES string of the molecule is CCN(c1cccc(C)c1)c1nc(C)cc(NC2CCCCCC2)n1. The maximum absolute atomic E-state index is 4.84. The highest BCUT2D eigenvalue weighted by Crippen LogP contribution is 2.26. The predicted octanol–water partition coefficient (Wildman–Crippen LogP) is 5.39. The number of nitrogens with one attached hydrogen (secondary N) is 1. The van der Waals surface area contributed by atoms with Crippen LogP contribution in [0.15, 0.2) is 30.3 Å². The van der Waals surface area contributed by atoms with E-state index in [2.05, 4.69) is 54.4 Å². The first kappa shape index (κ1) is 17.7. The number of rotatable bonds is 5. The second-order valence-corrected chi connectivity index (χ2v) is 7.11. The maximum Gasteiger partial charge on any atom is 0.232 e. The number of hydrogen-bond acceptors (Lipinski definition) is 4. The minimum atomic E-state index is 0.540. The highest BCUT2D eigenvalue weighted by molar-refractivity contribution is 5.59. The number of benzene rings is 1. The lowest BCUT2D eigenvalue weighted by Gasteiger charge is -2.23. The van der Waals surface area contributed by atoms with Crippen molar-refractivity contribution in [3.63, 3.8) is 0 Å². The van der Waals surface area contributed by atoms with Gasteiger partial charge in [-0.1, -0.05) is 37.8 Å². The van der Waals surface area contributed by atoms with E-state index in [1.165, 1.54) is 44.1 Å². The fourth-order valence-electron chi connectivity index (χ4n) is 3.62. The molecule has 1 aromatic heterocycles. The molecular formula is C21H30N4. The van der Waals surface area contributed by atoms with Gasteiger partial charge in [0.15, 0.2) is 0 Å². The Morgan fingerprint density at radius 1 is 1.04 bits per heavy atom. The van der Waals surface area contributed by atoms with Gasteiger partial charge in [0.1, 0.15) is 5.82 Å². The first-order valence-corrected chi connectivity index (χ1v) is 9.62. The minimum Gasteiger partial charge on any atom is -0.367 e. The molecule has 0 bridgehead atoms. The maximum atomic E-state index is 4.84. The lowest BCUT2D eigenvalue weighted by atomic mass is 10.1. The quantitative estimate of drug-likeness (QED) is 0.743. The Kier molecular flexibility index (Phi) is 5.90. The second kappa shape index (κ2) is 8.32. The summed E-state index contributed by atoms with van der Waals surface area (Å²) in [5.41, 5.74) is 3.40. The van der Waals surface area contributed by atoms with E-state index in [0.29, 0.717) is 6.04 Å². The van der Waals surface area contributed by atoms with Crippen molar-refractivity contribution in [1.29, 1.82) is 0 Å². The molecule has 0 spiro atoms. The molecule has 0 aliphatic heterocycles. The van der Waals surface area contributed by atoms with Crippen LogP contribution in [0.3, 0.4) is 0 Å². The summed E-state index contributed by atoms with van der Waals surface area (Å²) in [6, 6.07) is 11.1. The topological polar surface area (TPSA) is 41.1 Å². The monoisotopic (exact) mass is 338 g/mol. The van der Waals surface area contributed by atoms with Crippen LogP contribution in [0.25, 0.3) is 0 Å². The van der Waals surface area contributed by atoms with Crippen molar-refractivity contribution in [2.24, 2.45) is 0 Å². The largest absolute Gasteiger partial charge is 0.367 e. The van der Waals surface area contributed by atoms with E-state index in [4.69, 9.17) is 9.97 Å². The van der Waals surface area contributed by atoms with Crippen LogP contribution in [0, 0.1) is 13.8 Å². The summed E-state index contributed by atoms with van der Waals surface area (Å²) < 4.78 is 0. The van der Waals surface area contributed by atoms with Crippen molar-refractivity contribution in [3.8, 4) is 0 Å². The van der Waals surface area contributed by atoms with Crippen LogP contribution in [0.2, 0.25) is 0 Å². The van der Waals surface area contributed by atoms with E-state index < -0.39 is 0 Å². The van der Waals surface area contributed by atoms with Gasteiger partial charge in [0.05, 0.1) is 0 Å². The zero-order valence-corrected chi connectivity index (χ0v) is 15.8. The number of nitrogens with zero attached hydrogens (tertiary/aromatic N) is 3. The summed E-state index contributed by atoms with van der Waals surface area (Å²) in [6.45, 7) is 7.16. The van der Waals surface area contributed by atoms with Gasteiger partial charge < -0.3 is 10.2 Å². The molecule has 0 atom stereocenters. The van der Waals surface area contributed by atoms with Crippen molar-refractivity contribution < 1.29 is 0 Å². The molecule has 0 radical (unpaired) electrons. The van der Waals surface area contributed by atoms with E-state index in [0.717, 1.165) is 29.7 Å². The number of anilines is 3. The summed E-state index contributed by atoms with van der Waals surface area (Å²) in [5, 5.41) is 3.67. The molecule has 0 amide bonds. The van der Waals surface area contributed by atoms with Gasteiger partial charge >= 0.3 is 0 Å². The van der Waals surface area contributed by atoms with Crippen molar-refractivity contribution in [2.45, 2.75) is 65.3 Å². The Morgan fingerprint density at radius 2 is 1.80 bits per heavy atom. The molecule has 4 heteroatoms. The molecule has 1 N–H and O–H groups in total. The molecule has 1 fully saturated rings. The Balaban J connectivity index is 1.84. The van der Waals surface area contributed by atoms with Crippen molar-refractivity contribution >= 4 is 17.5 Å². The van der Waals surface area contributed by atoms with Gasteiger partial charge in [-0.2, -0.15) is 4.98 Å². The minimum absolute atomic E-state index is 0.540. The fourth-order valence-corrected chi connectivity index (χ4v) is 3.62. The Hall–Kier alpha value is -2.10. The summed E-state index contributed by atoms with van der Waals surface area (Å²) in [5.74, 6) is 1.74. The van der Waals surface area contributed by atoms with Crippen LogP contribution in [-0.2, 0) is 0 Å². The predicted molar refractivity (Wildman–Crippen MR) is 106 cm³/mol. The lowest BCUT2D eigenvalue weighted by molar-refractivity contribution is 0.617. The third-order valence-corrected chi connectivity index (χ3v) is 4.92. The molecule has 0 saturated heterocycles. The first-order chi connectivity index (χ1) is 12.2.